The van der Waals surface area contributed by atoms with Crippen molar-refractivity contribution in [1.29, 1.82) is 0 Å². The standard InChI is InChI=1S/C32H17N8.C20H33.Cu.HO3S/c1-2-10-18-17(9-1)25-33-26(18)38-28-21-13-5-6-14-22(21)30(35-28)40-32-24-16-8-7-15-23(24)31(36-32)39-29-20-12-4-3-11-19(20)27(34-29)37-25;1-2-3-4-5-6-7-8-9-10-11-12-14-17-20-18-15-13-16-19-20;;1-4(2)3/h1-15H,(H2,33,34,35,36,37,38,39,40);15-16,18-19H,2-12,14,17H2,1H3;;(H,1,2,3). The number of aromatic nitrogens is 8. The fraction of sp³-hybridized carbons (Fsp3) is 0.269. The van der Waals surface area contributed by atoms with Crippen molar-refractivity contribution in [3.05, 3.63) is 127 Å². The number of hydrogen-bond donors (Lipinski definition) is 3. The average molecular weight is 932 g/mol. The van der Waals surface area contributed by atoms with E-state index in [9.17, 15) is 13.0 Å². The van der Waals surface area contributed by atoms with Crippen LogP contribution >= 0.6 is 0 Å². The van der Waals surface area contributed by atoms with Crippen LogP contribution in [0.2, 0.25) is 0 Å². The van der Waals surface area contributed by atoms with Gasteiger partial charge in [0.15, 0.2) is 0 Å². The van der Waals surface area contributed by atoms with Gasteiger partial charge in [-0.2, -0.15) is 0 Å². The SMILES string of the molecule is CCCCCCCCCCCCCCc1cc[c]cc1.O=[S](=O)(O)[Cu][c]1cccc2c3nc4nc(nc5[nH]c(nc6nc(nc([nH]3)c12)-c1ccccc1-6)c1ccccc51)-c1ccccc1-4. The number of nitrogens with one attached hydrogen (secondary N) is 2. The van der Waals surface area contributed by atoms with Crippen LogP contribution in [0.1, 0.15) is 89.5 Å². The Balaban J connectivity index is 0.000000226. The van der Waals surface area contributed by atoms with Crippen LogP contribution in [-0.4, -0.2) is 52.8 Å². The van der Waals surface area contributed by atoms with Crippen LogP contribution in [-0.2, 0) is 28.8 Å². The number of fused-ring (bicyclic) bond motifs is 20. The van der Waals surface area contributed by atoms with Crippen molar-refractivity contribution in [1.82, 2.24) is 39.9 Å². The number of rotatable bonds is 15. The first kappa shape index (κ1) is 44.1. The molecule has 0 saturated carbocycles. The minimum absolute atomic E-state index is 0.273. The quantitative estimate of drug-likeness (QED) is 0.0516. The molecule has 0 amide bonds. The predicted molar refractivity (Wildman–Crippen MR) is 257 cm³/mol. The second-order valence-electron chi connectivity index (χ2n) is 16.3. The van der Waals surface area contributed by atoms with Crippen LogP contribution in [0.4, 0.5) is 0 Å². The van der Waals surface area contributed by atoms with E-state index in [1.54, 1.807) is 12.1 Å². The number of benzene rings is 5. The van der Waals surface area contributed by atoms with Crippen molar-refractivity contribution in [3.63, 3.8) is 0 Å². The molecule has 0 unspecified atom stereocenters. The van der Waals surface area contributed by atoms with E-state index in [1.165, 1.54) is 89.0 Å². The molecular formula is C52H51CuN8O3S. The van der Waals surface area contributed by atoms with Gasteiger partial charge in [0.25, 0.3) is 0 Å². The number of unbranched alkanes of at least 4 members (excludes halogenated alkanes) is 11. The third-order valence-electron chi connectivity index (χ3n) is 11.7. The molecule has 0 aliphatic carbocycles. The van der Waals surface area contributed by atoms with Crippen molar-refractivity contribution in [2.75, 3.05) is 0 Å². The Morgan fingerprint density at radius 3 is 1.40 bits per heavy atom. The zero-order chi connectivity index (χ0) is 44.6. The predicted octanol–water partition coefficient (Wildman–Crippen LogP) is 12.1. The average Bonchev–Trinajstić information content (AvgIpc) is 4.06. The van der Waals surface area contributed by atoms with Gasteiger partial charge >= 0.3 is 254 Å². The molecule has 0 spiro atoms. The summed E-state index contributed by atoms with van der Waals surface area (Å²) in [7, 11) is -4.44. The van der Waals surface area contributed by atoms with Crippen LogP contribution in [0, 0.1) is 6.07 Å². The third-order valence-corrected chi connectivity index (χ3v) is 13.8. The maximum atomic E-state index is 12.0. The molecule has 2 aliphatic rings. The molecule has 8 aromatic rings. The van der Waals surface area contributed by atoms with Gasteiger partial charge in [0.2, 0.25) is 0 Å². The van der Waals surface area contributed by atoms with Gasteiger partial charge < -0.3 is 0 Å². The monoisotopic (exact) mass is 930 g/mol. The molecule has 3 aromatic heterocycles. The molecule has 65 heavy (non-hydrogen) atoms. The Morgan fingerprint density at radius 1 is 0.492 bits per heavy atom. The fourth-order valence-corrected chi connectivity index (χ4v) is 10.4. The van der Waals surface area contributed by atoms with Crippen LogP contribution in [0.15, 0.2) is 115 Å². The summed E-state index contributed by atoms with van der Waals surface area (Å²) >= 11 is 0.450. The first-order valence-electron chi connectivity index (χ1n) is 22.6. The summed E-state index contributed by atoms with van der Waals surface area (Å²) in [5.41, 5.74) is 6.55. The fourth-order valence-electron chi connectivity index (χ4n) is 8.51. The van der Waals surface area contributed by atoms with Crippen molar-refractivity contribution in [3.8, 4) is 45.6 Å². The zero-order valence-electron chi connectivity index (χ0n) is 36.3. The summed E-state index contributed by atoms with van der Waals surface area (Å²) in [5, 5.41) is 2.81. The molecule has 0 fully saturated rings. The van der Waals surface area contributed by atoms with E-state index in [0.29, 0.717) is 70.5 Å². The summed E-state index contributed by atoms with van der Waals surface area (Å²) in [5.74, 6) is 1.76. The molecule has 10 rings (SSSR count). The zero-order valence-corrected chi connectivity index (χ0v) is 38.1. The second kappa shape index (κ2) is 20.4. The molecular weight excluding hydrogens is 880 g/mol. The summed E-state index contributed by atoms with van der Waals surface area (Å²) in [6.45, 7) is 2.29. The van der Waals surface area contributed by atoms with E-state index in [2.05, 4.69) is 35.1 Å². The number of aromatic amines is 2. The van der Waals surface area contributed by atoms with E-state index < -0.39 is 8.54 Å². The summed E-state index contributed by atoms with van der Waals surface area (Å²) in [4.78, 5) is 36.1. The van der Waals surface area contributed by atoms with Gasteiger partial charge in [-0.3, -0.25) is 0 Å². The van der Waals surface area contributed by atoms with Gasteiger partial charge in [-0.15, -0.1) is 0 Å². The van der Waals surface area contributed by atoms with E-state index in [-0.39, 0.29) is 4.46 Å². The van der Waals surface area contributed by atoms with Gasteiger partial charge in [-0.1, -0.05) is 108 Å². The Hall–Kier alpha value is -6.11. The molecule has 334 valence electrons. The van der Waals surface area contributed by atoms with Gasteiger partial charge in [0.05, 0.1) is 0 Å². The van der Waals surface area contributed by atoms with Crippen molar-refractivity contribution < 1.29 is 26.8 Å². The Morgan fingerprint density at radius 2 is 0.908 bits per heavy atom. The van der Waals surface area contributed by atoms with E-state index in [0.717, 1.165) is 33.0 Å². The van der Waals surface area contributed by atoms with Crippen molar-refractivity contribution in [2.24, 2.45) is 0 Å². The molecule has 2 aliphatic heterocycles. The Kier molecular flexibility index (Phi) is 13.8. The summed E-state index contributed by atoms with van der Waals surface area (Å²) < 4.78 is 34.0. The van der Waals surface area contributed by atoms with E-state index in [4.69, 9.17) is 29.9 Å². The molecule has 11 nitrogen and oxygen atoms in total. The molecule has 1 radical (unpaired) electrons. The first-order chi connectivity index (χ1) is 31.8. The molecule has 0 atom stereocenters. The minimum atomic E-state index is -4.44. The molecule has 8 bridgehead atoms. The van der Waals surface area contributed by atoms with Crippen LogP contribution in [0.5, 0.6) is 0 Å². The molecule has 0 saturated heterocycles. The maximum absolute atomic E-state index is 12.0. The molecule has 13 heteroatoms. The number of H-pyrrole nitrogens is 2. The van der Waals surface area contributed by atoms with Crippen molar-refractivity contribution in [2.45, 2.75) is 90.4 Å². The van der Waals surface area contributed by atoms with E-state index >= 15 is 0 Å². The number of nitrogens with zero attached hydrogens (tertiary/aromatic N) is 6. The number of hydrogen-bond acceptors (Lipinski definition) is 8. The summed E-state index contributed by atoms with van der Waals surface area (Å²) in [6.07, 6.45) is 18.4. The molecule has 5 heterocycles. The van der Waals surface area contributed by atoms with Gasteiger partial charge in [0, 0.05) is 0 Å². The third kappa shape index (κ3) is 10.4. The Labute approximate surface area is 384 Å². The summed E-state index contributed by atoms with van der Waals surface area (Å²) in [6, 6.07) is 39.8. The normalized spacial score (nSPS) is 12.0. The number of aryl methyl sites for hydroxylation is 1. The molecule has 5 aromatic carbocycles. The first-order valence-corrected chi connectivity index (χ1v) is 25.5. The van der Waals surface area contributed by atoms with E-state index in [1.807, 2.05) is 91.0 Å². The van der Waals surface area contributed by atoms with Gasteiger partial charge in [0.1, 0.15) is 0 Å². The van der Waals surface area contributed by atoms with Crippen LogP contribution < -0.4 is 4.46 Å². The van der Waals surface area contributed by atoms with Crippen LogP contribution in [0.3, 0.4) is 0 Å². The van der Waals surface area contributed by atoms with Crippen molar-refractivity contribution >= 4 is 57.1 Å². The second-order valence-corrected chi connectivity index (χ2v) is 19.8. The van der Waals surface area contributed by atoms with Gasteiger partial charge in [-0.25, -0.2) is 0 Å². The van der Waals surface area contributed by atoms with Gasteiger partial charge in [-0.05, 0) is 24.5 Å². The topological polar surface area (TPSA) is 163 Å². The Bertz CT molecular complexity index is 3240. The van der Waals surface area contributed by atoms with Crippen LogP contribution in [0.25, 0.3) is 89.7 Å². The molecule has 3 N–H and O–H groups in total.